The zero-order valence-electron chi connectivity index (χ0n) is 8.40. The van der Waals surface area contributed by atoms with Gasteiger partial charge in [-0.25, -0.2) is 9.97 Å². The van der Waals surface area contributed by atoms with Crippen LogP contribution in [-0.4, -0.2) is 15.9 Å². The number of amides is 1. The van der Waals surface area contributed by atoms with Gasteiger partial charge in [-0.05, 0) is 28.1 Å². The van der Waals surface area contributed by atoms with Gasteiger partial charge in [0.25, 0.3) is 5.91 Å². The van der Waals surface area contributed by atoms with Gasteiger partial charge >= 0.3 is 0 Å². The number of hydrogen-bond donors (Lipinski definition) is 1. The molecule has 0 unspecified atom stereocenters. The molecule has 0 fully saturated rings. The normalized spacial score (nSPS) is 10.1. The highest BCUT2D eigenvalue weighted by atomic mass is 79.9. The fraction of sp³-hybridized carbons (Fsp3) is 0.100. The van der Waals surface area contributed by atoms with E-state index in [1.54, 1.807) is 25.3 Å². The van der Waals surface area contributed by atoms with Gasteiger partial charge in [-0.3, -0.25) is 4.79 Å². The van der Waals surface area contributed by atoms with Crippen molar-refractivity contribution in [1.82, 2.24) is 9.97 Å². The molecule has 2 rings (SSSR count). The summed E-state index contributed by atoms with van der Waals surface area (Å²) in [6, 6.07) is 3.47. The first-order chi connectivity index (χ1) is 7.66. The van der Waals surface area contributed by atoms with E-state index >= 15 is 0 Å². The summed E-state index contributed by atoms with van der Waals surface area (Å²) >= 11 is 3.23. The molecule has 6 heteroatoms. The number of anilines is 1. The third kappa shape index (κ3) is 2.27. The zero-order valence-corrected chi connectivity index (χ0v) is 9.98. The largest absolute Gasteiger partial charge is 0.448 e. The van der Waals surface area contributed by atoms with Crippen LogP contribution in [0.5, 0.6) is 0 Å². The van der Waals surface area contributed by atoms with Crippen LogP contribution in [0.15, 0.2) is 33.6 Å². The molecule has 5 nitrogen and oxygen atoms in total. The summed E-state index contributed by atoms with van der Waals surface area (Å²) in [5.41, 5.74) is 0.835. The van der Waals surface area contributed by atoms with E-state index in [2.05, 4.69) is 31.2 Å². The van der Waals surface area contributed by atoms with Crippen molar-refractivity contribution in [2.45, 2.75) is 6.92 Å². The second-order valence-electron chi connectivity index (χ2n) is 3.05. The Morgan fingerprint density at radius 3 is 3.00 bits per heavy atom. The molecular weight excluding hydrogens is 274 g/mol. The maximum atomic E-state index is 11.7. The Bertz CT molecular complexity index is 524. The molecule has 1 amide bonds. The first kappa shape index (κ1) is 10.8. The molecular formula is C10H8BrN3O2. The predicted octanol–water partition coefficient (Wildman–Crippen LogP) is 2.39. The van der Waals surface area contributed by atoms with Gasteiger partial charge < -0.3 is 9.73 Å². The molecule has 82 valence electrons. The van der Waals surface area contributed by atoms with Crippen LogP contribution in [-0.2, 0) is 0 Å². The van der Waals surface area contributed by atoms with Crippen molar-refractivity contribution >= 4 is 27.5 Å². The lowest BCUT2D eigenvalue weighted by Crippen LogP contribution is -2.12. The van der Waals surface area contributed by atoms with E-state index in [1.807, 2.05) is 0 Å². The Morgan fingerprint density at radius 2 is 2.38 bits per heavy atom. The monoisotopic (exact) mass is 281 g/mol. The van der Waals surface area contributed by atoms with Crippen LogP contribution in [0.2, 0.25) is 0 Å². The molecule has 2 heterocycles. The third-order valence-electron chi connectivity index (χ3n) is 1.86. The first-order valence-electron chi connectivity index (χ1n) is 4.51. The molecule has 2 aromatic rings. The van der Waals surface area contributed by atoms with E-state index in [0.717, 1.165) is 0 Å². The summed E-state index contributed by atoms with van der Waals surface area (Å²) < 4.78 is 5.53. The van der Waals surface area contributed by atoms with Gasteiger partial charge in [0.05, 0.1) is 5.69 Å². The number of carbonyl (C=O) groups excluding carboxylic acids is 1. The minimum absolute atomic E-state index is 0.244. The fourth-order valence-electron chi connectivity index (χ4n) is 1.13. The zero-order chi connectivity index (χ0) is 11.5. The third-order valence-corrected chi connectivity index (χ3v) is 2.49. The Morgan fingerprint density at radius 1 is 1.56 bits per heavy atom. The minimum Gasteiger partial charge on any atom is -0.448 e. The lowest BCUT2D eigenvalue weighted by atomic mass is 10.4. The number of nitrogens with one attached hydrogen (secondary N) is 1. The summed E-state index contributed by atoms with van der Waals surface area (Å²) in [5.74, 6) is 0.126. The minimum atomic E-state index is -0.328. The van der Waals surface area contributed by atoms with Crippen LogP contribution in [0.3, 0.4) is 0 Å². The second-order valence-corrected chi connectivity index (χ2v) is 3.80. The quantitative estimate of drug-likeness (QED) is 0.859. The lowest BCUT2D eigenvalue weighted by molar-refractivity contribution is 0.102. The summed E-state index contributed by atoms with van der Waals surface area (Å²) in [4.78, 5) is 19.6. The molecule has 0 aliphatic heterocycles. The van der Waals surface area contributed by atoms with Gasteiger partial charge in [-0.2, -0.15) is 0 Å². The van der Waals surface area contributed by atoms with Crippen molar-refractivity contribution in [1.29, 1.82) is 0 Å². The number of carbonyl (C=O) groups is 1. The van der Waals surface area contributed by atoms with Crippen LogP contribution < -0.4 is 5.32 Å². The Hall–Kier alpha value is -1.69. The molecule has 0 saturated carbocycles. The van der Waals surface area contributed by atoms with Crippen molar-refractivity contribution in [2.24, 2.45) is 0 Å². The van der Waals surface area contributed by atoms with Gasteiger partial charge in [0.1, 0.15) is 10.9 Å². The maximum Gasteiger partial charge on any atom is 0.277 e. The highest BCUT2D eigenvalue weighted by Gasteiger charge is 2.12. The topological polar surface area (TPSA) is 68.0 Å². The summed E-state index contributed by atoms with van der Waals surface area (Å²) in [5, 5.41) is 2.67. The number of nitrogens with zero attached hydrogens (tertiary/aromatic N) is 2. The van der Waals surface area contributed by atoms with Crippen molar-refractivity contribution in [3.05, 3.63) is 40.8 Å². The van der Waals surface area contributed by atoms with Gasteiger partial charge in [0.15, 0.2) is 11.6 Å². The first-order valence-corrected chi connectivity index (χ1v) is 5.30. The van der Waals surface area contributed by atoms with Crippen molar-refractivity contribution in [3.8, 4) is 0 Å². The molecule has 0 atom stereocenters. The number of pyridine rings is 1. The molecule has 1 N–H and O–H groups in total. The van der Waals surface area contributed by atoms with Crippen LogP contribution in [0.4, 0.5) is 5.69 Å². The highest BCUT2D eigenvalue weighted by molar-refractivity contribution is 9.10. The van der Waals surface area contributed by atoms with E-state index in [4.69, 9.17) is 4.42 Å². The van der Waals surface area contributed by atoms with Gasteiger partial charge in [-0.15, -0.1) is 0 Å². The predicted molar refractivity (Wildman–Crippen MR) is 61.1 cm³/mol. The SMILES string of the molecule is Cc1nc(C(=O)Nc2cccnc2Br)co1. The van der Waals surface area contributed by atoms with E-state index < -0.39 is 0 Å². The number of halogens is 1. The van der Waals surface area contributed by atoms with Crippen LogP contribution in [0, 0.1) is 6.92 Å². The molecule has 0 saturated heterocycles. The highest BCUT2D eigenvalue weighted by Crippen LogP contribution is 2.18. The van der Waals surface area contributed by atoms with E-state index in [0.29, 0.717) is 16.2 Å². The molecule has 0 bridgehead atoms. The van der Waals surface area contributed by atoms with Crippen molar-refractivity contribution in [3.63, 3.8) is 0 Å². The summed E-state index contributed by atoms with van der Waals surface area (Å²) in [6.45, 7) is 1.68. The number of hydrogen-bond acceptors (Lipinski definition) is 4. The average Bonchev–Trinajstić information content (AvgIpc) is 2.68. The molecule has 0 aliphatic rings. The fourth-order valence-corrected chi connectivity index (χ4v) is 1.48. The Kier molecular flexibility index (Phi) is 3.00. The summed E-state index contributed by atoms with van der Waals surface area (Å²) in [7, 11) is 0. The number of oxazole rings is 1. The van der Waals surface area contributed by atoms with Crippen LogP contribution in [0.25, 0.3) is 0 Å². The molecule has 0 spiro atoms. The van der Waals surface area contributed by atoms with E-state index in [9.17, 15) is 4.79 Å². The summed E-state index contributed by atoms with van der Waals surface area (Å²) in [6.07, 6.45) is 2.94. The molecule has 0 radical (unpaired) electrons. The number of rotatable bonds is 2. The Balaban J connectivity index is 2.17. The number of aromatic nitrogens is 2. The molecule has 0 aliphatic carbocycles. The number of aryl methyl sites for hydroxylation is 1. The average molecular weight is 282 g/mol. The maximum absolute atomic E-state index is 11.7. The van der Waals surface area contributed by atoms with E-state index in [-0.39, 0.29) is 11.6 Å². The van der Waals surface area contributed by atoms with Crippen LogP contribution in [0.1, 0.15) is 16.4 Å². The standard InChI is InChI=1S/C10H8BrN3O2/c1-6-13-8(5-16-6)10(15)14-7-3-2-4-12-9(7)11/h2-5H,1H3,(H,14,15). The Labute approximate surface area is 100 Å². The van der Waals surface area contributed by atoms with Crippen molar-refractivity contribution < 1.29 is 9.21 Å². The van der Waals surface area contributed by atoms with Gasteiger partial charge in [0.2, 0.25) is 0 Å². The molecule has 2 aromatic heterocycles. The van der Waals surface area contributed by atoms with Crippen molar-refractivity contribution in [2.75, 3.05) is 5.32 Å². The van der Waals surface area contributed by atoms with Gasteiger partial charge in [-0.1, -0.05) is 0 Å². The second kappa shape index (κ2) is 4.44. The lowest BCUT2D eigenvalue weighted by Gasteiger charge is -2.03. The molecule has 16 heavy (non-hydrogen) atoms. The van der Waals surface area contributed by atoms with Gasteiger partial charge in [0, 0.05) is 13.1 Å². The van der Waals surface area contributed by atoms with Crippen LogP contribution >= 0.6 is 15.9 Å². The smallest absolute Gasteiger partial charge is 0.277 e. The molecule has 0 aromatic carbocycles. The van der Waals surface area contributed by atoms with E-state index in [1.165, 1.54) is 6.26 Å².